The minimum absolute atomic E-state index is 0.0493. The smallest absolute Gasteiger partial charge is 0.137 e. The van der Waals surface area contributed by atoms with Crippen LogP contribution in [0.2, 0.25) is 0 Å². The first-order chi connectivity index (χ1) is 25.8. The van der Waals surface area contributed by atoms with Gasteiger partial charge >= 0.3 is 0 Å². The molecule has 9 atom stereocenters. The quantitative estimate of drug-likeness (QED) is 0.251. The van der Waals surface area contributed by atoms with Crippen molar-refractivity contribution in [3.8, 4) is 0 Å². The van der Waals surface area contributed by atoms with Crippen molar-refractivity contribution in [3.05, 3.63) is 162 Å². The van der Waals surface area contributed by atoms with Crippen LogP contribution in [-0.4, -0.2) is 29.2 Å². The lowest BCUT2D eigenvalue weighted by atomic mass is 9.74. The van der Waals surface area contributed by atoms with E-state index >= 15 is 0 Å². The molecule has 1 aromatic heterocycles. The lowest BCUT2D eigenvalue weighted by Gasteiger charge is -2.41. The summed E-state index contributed by atoms with van der Waals surface area (Å²) in [4.78, 5) is 5.45. The Morgan fingerprint density at radius 3 is 2.63 bits per heavy atom. The predicted molar refractivity (Wildman–Crippen MR) is 211 cm³/mol. The van der Waals surface area contributed by atoms with Crippen molar-refractivity contribution >= 4 is 27.6 Å². The molecular formula is C48H46N2O2. The molecule has 4 nitrogen and oxygen atoms in total. The van der Waals surface area contributed by atoms with Gasteiger partial charge in [-0.1, -0.05) is 109 Å². The molecule has 0 radical (unpaired) electrons. The van der Waals surface area contributed by atoms with Gasteiger partial charge in [-0.25, -0.2) is 0 Å². The maximum absolute atomic E-state index is 7.04. The maximum atomic E-state index is 7.04. The first kappa shape index (κ1) is 30.8. The summed E-state index contributed by atoms with van der Waals surface area (Å²) in [6.07, 6.45) is 45.9. The van der Waals surface area contributed by atoms with Gasteiger partial charge in [0.2, 0.25) is 0 Å². The Kier molecular flexibility index (Phi) is 7.35. The molecule has 0 spiro atoms. The zero-order valence-electron chi connectivity index (χ0n) is 29.6. The Morgan fingerprint density at radius 2 is 1.71 bits per heavy atom. The molecular weight excluding hydrogens is 637 g/mol. The molecule has 0 N–H and O–H groups in total. The number of benzene rings is 2. The second kappa shape index (κ2) is 12.4. The minimum atomic E-state index is 0.0493. The summed E-state index contributed by atoms with van der Waals surface area (Å²) in [5.74, 6) is 2.45. The van der Waals surface area contributed by atoms with Crippen LogP contribution in [-0.2, 0) is 4.74 Å². The number of hydrogen-bond acceptors (Lipinski definition) is 4. The molecule has 9 unspecified atom stereocenters. The Labute approximate surface area is 306 Å². The molecule has 2 aromatic carbocycles. The molecule has 260 valence electrons. The van der Waals surface area contributed by atoms with E-state index in [-0.39, 0.29) is 18.2 Å². The fourth-order valence-electron chi connectivity index (χ4n) is 11.0. The Bertz CT molecular complexity index is 2250. The van der Waals surface area contributed by atoms with Gasteiger partial charge in [-0.05, 0) is 92.7 Å². The highest BCUT2D eigenvalue weighted by Gasteiger charge is 2.49. The molecule has 2 aliphatic heterocycles. The molecule has 6 aliphatic carbocycles. The Balaban J connectivity index is 1.02. The van der Waals surface area contributed by atoms with Gasteiger partial charge in [0.15, 0.2) is 0 Å². The van der Waals surface area contributed by atoms with Gasteiger partial charge in [-0.15, -0.1) is 0 Å². The maximum Gasteiger partial charge on any atom is 0.137 e. The summed E-state index contributed by atoms with van der Waals surface area (Å²) in [7, 11) is 0. The van der Waals surface area contributed by atoms with Crippen molar-refractivity contribution in [2.24, 2.45) is 29.6 Å². The van der Waals surface area contributed by atoms with E-state index in [9.17, 15) is 0 Å². The third-order valence-corrected chi connectivity index (χ3v) is 13.3. The summed E-state index contributed by atoms with van der Waals surface area (Å²) < 4.78 is 13.5. The summed E-state index contributed by atoms with van der Waals surface area (Å²) in [5.41, 5.74) is 8.95. The highest BCUT2D eigenvalue weighted by atomic mass is 16.5. The lowest BCUT2D eigenvalue weighted by Crippen LogP contribution is -2.42. The summed E-state index contributed by atoms with van der Waals surface area (Å²) in [6.45, 7) is 0. The van der Waals surface area contributed by atoms with E-state index in [0.717, 1.165) is 49.7 Å². The molecule has 3 heterocycles. The standard InChI is InChI=1S/C48H46N2O2/c1-3-13-31(14-4-1)32-25-27-35-39-30-34(26-28-40(39)49(43(35)29-32)33-15-5-2-6-16-33)50(41-20-12-24-46-47(41)38-18-8-10-23-45(38)51-46)42-21-11-19-37-36-17-7-9-22-44(36)52-48(37)42/h1-5,7-10,12-13,15,17-18,20-28,31-32,34-37,43-44,48H,6,11,14,16,19,29-30H2. The molecule has 1 saturated heterocycles. The van der Waals surface area contributed by atoms with Crippen LogP contribution >= 0.6 is 0 Å². The molecule has 3 aromatic rings. The van der Waals surface area contributed by atoms with Gasteiger partial charge in [0.05, 0.1) is 23.2 Å². The van der Waals surface area contributed by atoms with E-state index < -0.39 is 0 Å². The van der Waals surface area contributed by atoms with Crippen molar-refractivity contribution in [2.45, 2.75) is 69.2 Å². The molecule has 0 saturated carbocycles. The number of furan rings is 1. The van der Waals surface area contributed by atoms with E-state index in [0.29, 0.717) is 35.6 Å². The number of nitrogens with zero attached hydrogens (tertiary/aromatic N) is 2. The minimum Gasteiger partial charge on any atom is -0.456 e. The Hall–Kier alpha value is -4.80. The van der Waals surface area contributed by atoms with Gasteiger partial charge in [0.25, 0.3) is 0 Å². The van der Waals surface area contributed by atoms with E-state index in [4.69, 9.17) is 9.15 Å². The molecule has 0 bridgehead atoms. The van der Waals surface area contributed by atoms with Gasteiger partial charge in [-0.3, -0.25) is 0 Å². The van der Waals surface area contributed by atoms with Crippen LogP contribution in [0.5, 0.6) is 0 Å². The van der Waals surface area contributed by atoms with E-state index in [1.165, 1.54) is 40.0 Å². The van der Waals surface area contributed by atoms with Crippen molar-refractivity contribution in [1.82, 2.24) is 4.90 Å². The number of fused-ring (bicyclic) bond motifs is 8. The summed E-state index contributed by atoms with van der Waals surface area (Å²) in [6, 6.07) is 15.8. The molecule has 1 fully saturated rings. The van der Waals surface area contributed by atoms with Crippen molar-refractivity contribution < 1.29 is 9.15 Å². The molecule has 8 aliphatic rings. The second-order valence-corrected chi connectivity index (χ2v) is 16.0. The van der Waals surface area contributed by atoms with Gasteiger partial charge in [0, 0.05) is 46.3 Å². The lowest BCUT2D eigenvalue weighted by molar-refractivity contribution is 0.0723. The molecule has 0 amide bonds. The third-order valence-electron chi connectivity index (χ3n) is 13.3. The van der Waals surface area contributed by atoms with Crippen molar-refractivity contribution in [2.75, 3.05) is 4.90 Å². The van der Waals surface area contributed by atoms with Crippen molar-refractivity contribution in [3.63, 3.8) is 0 Å². The first-order valence-corrected chi connectivity index (χ1v) is 19.8. The summed E-state index contributed by atoms with van der Waals surface area (Å²) >= 11 is 0. The third kappa shape index (κ3) is 4.83. The number of rotatable bonds is 5. The number of ether oxygens (including phenoxy) is 1. The van der Waals surface area contributed by atoms with Crippen LogP contribution in [0.3, 0.4) is 0 Å². The average Bonchev–Trinajstić information content (AvgIpc) is 3.88. The first-order valence-electron chi connectivity index (χ1n) is 19.8. The SMILES string of the molecule is C1=CCCC(N2C3=C(CC(N(C4=CCCC5C4OC4C=CC=CC45)c4cccc5oc6ccccc6c45)C=C3)C3C=CC(C4C=CC=CC4)CC32)=C1. The van der Waals surface area contributed by atoms with E-state index in [1.54, 1.807) is 5.57 Å². The topological polar surface area (TPSA) is 28.9 Å². The molecule has 4 heteroatoms. The Morgan fingerprint density at radius 1 is 0.788 bits per heavy atom. The van der Waals surface area contributed by atoms with Crippen LogP contribution in [0.1, 0.15) is 44.9 Å². The van der Waals surface area contributed by atoms with Gasteiger partial charge < -0.3 is 19.0 Å². The summed E-state index contributed by atoms with van der Waals surface area (Å²) in [5, 5.41) is 2.37. The fourth-order valence-corrected chi connectivity index (χ4v) is 11.0. The van der Waals surface area contributed by atoms with Gasteiger partial charge in [0.1, 0.15) is 17.3 Å². The van der Waals surface area contributed by atoms with Crippen molar-refractivity contribution in [1.29, 1.82) is 0 Å². The fraction of sp³-hybridized carbons (Fsp3) is 0.333. The van der Waals surface area contributed by atoms with Crippen LogP contribution in [0, 0.1) is 29.6 Å². The second-order valence-electron chi connectivity index (χ2n) is 16.0. The molecule has 11 rings (SSSR count). The van der Waals surface area contributed by atoms with Crippen LogP contribution in [0.4, 0.5) is 5.69 Å². The average molecular weight is 683 g/mol. The number of para-hydroxylation sites is 1. The normalized spacial score (nSPS) is 34.1. The highest BCUT2D eigenvalue weighted by Crippen LogP contribution is 2.52. The van der Waals surface area contributed by atoms with E-state index in [2.05, 4.69) is 149 Å². The highest BCUT2D eigenvalue weighted by molar-refractivity contribution is 6.12. The zero-order chi connectivity index (χ0) is 34.2. The van der Waals surface area contributed by atoms with E-state index in [1.807, 2.05) is 0 Å². The molecule has 52 heavy (non-hydrogen) atoms. The van der Waals surface area contributed by atoms with Crippen LogP contribution < -0.4 is 4.90 Å². The zero-order valence-corrected chi connectivity index (χ0v) is 29.6. The van der Waals surface area contributed by atoms with Crippen LogP contribution in [0.15, 0.2) is 167 Å². The number of hydrogen-bond donors (Lipinski definition) is 0. The van der Waals surface area contributed by atoms with Gasteiger partial charge in [-0.2, -0.15) is 0 Å². The predicted octanol–water partition coefficient (Wildman–Crippen LogP) is 11.0. The van der Waals surface area contributed by atoms with Crippen LogP contribution in [0.25, 0.3) is 21.9 Å². The largest absolute Gasteiger partial charge is 0.456 e. The number of anilines is 1. The monoisotopic (exact) mass is 682 g/mol. The number of allylic oxidation sites excluding steroid dienone is 13.